The Bertz CT molecular complexity index is 98.6. The fourth-order valence-corrected chi connectivity index (χ4v) is 0.620. The number of hydrogen-bond donors (Lipinski definition) is 0. The van der Waals surface area contributed by atoms with Gasteiger partial charge in [0.1, 0.15) is 0 Å². The van der Waals surface area contributed by atoms with Gasteiger partial charge in [-0.15, -0.1) is 0 Å². The van der Waals surface area contributed by atoms with E-state index in [4.69, 9.17) is 0 Å². The van der Waals surface area contributed by atoms with Gasteiger partial charge >= 0.3 is 0 Å². The van der Waals surface area contributed by atoms with Crippen molar-refractivity contribution in [2.24, 2.45) is 17.8 Å². The van der Waals surface area contributed by atoms with Crippen molar-refractivity contribution in [2.45, 2.75) is 34.6 Å². The van der Waals surface area contributed by atoms with E-state index in [9.17, 15) is 0 Å². The van der Waals surface area contributed by atoms with E-state index in [1.54, 1.807) is 0 Å². The van der Waals surface area contributed by atoms with Crippen LogP contribution in [0.25, 0.3) is 0 Å². The lowest BCUT2D eigenvalue weighted by atomic mass is 9.96. The van der Waals surface area contributed by atoms with Crippen LogP contribution in [-0.2, 0) is 0 Å². The van der Waals surface area contributed by atoms with Gasteiger partial charge < -0.3 is 0 Å². The van der Waals surface area contributed by atoms with Crippen LogP contribution < -0.4 is 0 Å². The topological polar surface area (TPSA) is 0 Å². The Kier molecular flexibility index (Phi) is 4.42. The van der Waals surface area contributed by atoms with Gasteiger partial charge in [0.2, 0.25) is 0 Å². The predicted octanol–water partition coefficient (Wildman–Crippen LogP) is 3.49. The van der Waals surface area contributed by atoms with Crippen LogP contribution in [0.3, 0.4) is 0 Å². The fourth-order valence-electron chi connectivity index (χ4n) is 0.620. The molecule has 0 rings (SSSR count). The van der Waals surface area contributed by atoms with E-state index in [1.807, 2.05) is 0 Å². The van der Waals surface area contributed by atoms with Crippen LogP contribution in [0, 0.1) is 17.8 Å². The van der Waals surface area contributed by atoms with E-state index in [0.29, 0.717) is 5.92 Å². The standard InChI is InChI=1S/C10H20/c1-8(2)6-7-10(5)9(3)4/h6-10H,1-5H3/b7-6-/t10-/m0/s1. The van der Waals surface area contributed by atoms with Crippen molar-refractivity contribution in [1.82, 2.24) is 0 Å². The second kappa shape index (κ2) is 4.54. The molecule has 0 unspecified atom stereocenters. The Balaban J connectivity index is 3.66. The van der Waals surface area contributed by atoms with Crippen LogP contribution in [-0.4, -0.2) is 0 Å². The molecule has 0 bridgehead atoms. The van der Waals surface area contributed by atoms with Crippen molar-refractivity contribution in [3.63, 3.8) is 0 Å². The Labute approximate surface area is 65.3 Å². The van der Waals surface area contributed by atoms with Crippen molar-refractivity contribution in [3.8, 4) is 0 Å². The maximum atomic E-state index is 2.31. The highest BCUT2D eigenvalue weighted by Crippen LogP contribution is 2.11. The zero-order valence-electron chi connectivity index (χ0n) is 7.89. The second-order valence-corrected chi connectivity index (χ2v) is 3.73. The molecule has 0 aliphatic carbocycles. The molecule has 0 aromatic rings. The van der Waals surface area contributed by atoms with E-state index in [1.165, 1.54) is 0 Å². The van der Waals surface area contributed by atoms with Crippen LogP contribution in [0.5, 0.6) is 0 Å². The van der Waals surface area contributed by atoms with Crippen LogP contribution in [0.15, 0.2) is 12.2 Å². The van der Waals surface area contributed by atoms with E-state index in [0.717, 1.165) is 11.8 Å². The molecule has 0 saturated carbocycles. The van der Waals surface area contributed by atoms with Gasteiger partial charge in [-0.2, -0.15) is 0 Å². The first-order chi connectivity index (χ1) is 4.54. The minimum absolute atomic E-state index is 0.696. The molecule has 0 nitrogen and oxygen atoms in total. The van der Waals surface area contributed by atoms with Gasteiger partial charge in [0.05, 0.1) is 0 Å². The normalized spacial score (nSPS) is 15.5. The van der Waals surface area contributed by atoms with Gasteiger partial charge in [0.15, 0.2) is 0 Å². The van der Waals surface area contributed by atoms with Gasteiger partial charge in [-0.25, -0.2) is 0 Å². The van der Waals surface area contributed by atoms with Gasteiger partial charge in [-0.05, 0) is 17.8 Å². The number of rotatable bonds is 3. The van der Waals surface area contributed by atoms with Crippen molar-refractivity contribution in [3.05, 3.63) is 12.2 Å². The molecule has 0 amide bonds. The summed E-state index contributed by atoms with van der Waals surface area (Å²) in [6, 6.07) is 0. The van der Waals surface area contributed by atoms with E-state index in [2.05, 4.69) is 46.8 Å². The molecular weight excluding hydrogens is 120 g/mol. The van der Waals surface area contributed by atoms with E-state index >= 15 is 0 Å². The third-order valence-electron chi connectivity index (χ3n) is 1.85. The first kappa shape index (κ1) is 9.74. The van der Waals surface area contributed by atoms with Gasteiger partial charge in [-0.1, -0.05) is 46.8 Å². The van der Waals surface area contributed by atoms with Crippen LogP contribution in [0.4, 0.5) is 0 Å². The Morgan fingerprint density at radius 2 is 1.30 bits per heavy atom. The summed E-state index contributed by atoms with van der Waals surface area (Å²) in [7, 11) is 0. The van der Waals surface area contributed by atoms with E-state index in [-0.39, 0.29) is 0 Å². The fraction of sp³-hybridized carbons (Fsp3) is 0.800. The maximum absolute atomic E-state index is 2.31. The molecule has 0 aromatic carbocycles. The highest BCUT2D eigenvalue weighted by molar-refractivity contribution is 4.89. The molecule has 0 heteroatoms. The summed E-state index contributed by atoms with van der Waals surface area (Å²) in [5, 5.41) is 0. The molecule has 0 radical (unpaired) electrons. The zero-order valence-corrected chi connectivity index (χ0v) is 7.89. The Hall–Kier alpha value is -0.260. The molecule has 0 N–H and O–H groups in total. The SMILES string of the molecule is CC(C)/C=C\[C@H](C)C(C)C. The minimum atomic E-state index is 0.696. The molecule has 1 atom stereocenters. The van der Waals surface area contributed by atoms with Crippen molar-refractivity contribution in [1.29, 1.82) is 0 Å². The third-order valence-corrected chi connectivity index (χ3v) is 1.85. The van der Waals surface area contributed by atoms with Gasteiger partial charge in [0.25, 0.3) is 0 Å². The second-order valence-electron chi connectivity index (χ2n) is 3.73. The maximum Gasteiger partial charge on any atom is -0.0239 e. The highest BCUT2D eigenvalue weighted by atomic mass is 14.1. The lowest BCUT2D eigenvalue weighted by Crippen LogP contribution is -1.99. The number of allylic oxidation sites excluding steroid dienone is 2. The van der Waals surface area contributed by atoms with Crippen molar-refractivity contribution < 1.29 is 0 Å². The largest absolute Gasteiger partial charge is 0.0857 e. The quantitative estimate of drug-likeness (QED) is 0.526. The predicted molar refractivity (Wildman–Crippen MR) is 48.0 cm³/mol. The summed E-state index contributed by atoms with van der Waals surface area (Å²) in [4.78, 5) is 0. The lowest BCUT2D eigenvalue weighted by Gasteiger charge is -2.09. The van der Waals surface area contributed by atoms with Crippen LogP contribution in [0.1, 0.15) is 34.6 Å². The molecule has 0 heterocycles. The molecule has 60 valence electrons. The average Bonchev–Trinajstić information content (AvgIpc) is 1.82. The molecule has 0 aromatic heterocycles. The molecule has 0 saturated heterocycles. The smallest absolute Gasteiger partial charge is 0.0239 e. The molecule has 0 spiro atoms. The van der Waals surface area contributed by atoms with Crippen LogP contribution >= 0.6 is 0 Å². The van der Waals surface area contributed by atoms with Crippen LogP contribution in [0.2, 0.25) is 0 Å². The minimum Gasteiger partial charge on any atom is -0.0857 e. The Morgan fingerprint density at radius 1 is 0.800 bits per heavy atom. The summed E-state index contributed by atoms with van der Waals surface area (Å²) in [5.74, 6) is 2.19. The monoisotopic (exact) mass is 140 g/mol. The average molecular weight is 140 g/mol. The summed E-state index contributed by atoms with van der Waals surface area (Å²) < 4.78 is 0. The van der Waals surface area contributed by atoms with E-state index < -0.39 is 0 Å². The highest BCUT2D eigenvalue weighted by Gasteiger charge is 2.01. The summed E-state index contributed by atoms with van der Waals surface area (Å²) >= 11 is 0. The first-order valence-corrected chi connectivity index (χ1v) is 4.22. The Morgan fingerprint density at radius 3 is 1.60 bits per heavy atom. The van der Waals surface area contributed by atoms with Gasteiger partial charge in [0, 0.05) is 0 Å². The molecule has 0 aliphatic heterocycles. The lowest BCUT2D eigenvalue weighted by molar-refractivity contribution is 0.501. The molecule has 0 aliphatic rings. The molecule has 10 heavy (non-hydrogen) atoms. The third kappa shape index (κ3) is 4.60. The van der Waals surface area contributed by atoms with Crippen molar-refractivity contribution >= 4 is 0 Å². The molecule has 0 fully saturated rings. The summed E-state index contributed by atoms with van der Waals surface area (Å²) in [5.41, 5.74) is 0. The molecular formula is C10H20. The summed E-state index contributed by atoms with van der Waals surface area (Å²) in [6.07, 6.45) is 4.60. The first-order valence-electron chi connectivity index (χ1n) is 4.22. The zero-order chi connectivity index (χ0) is 8.15. The van der Waals surface area contributed by atoms with Crippen molar-refractivity contribution in [2.75, 3.05) is 0 Å². The summed E-state index contributed by atoms with van der Waals surface area (Å²) in [6.45, 7) is 11.2. The number of hydrogen-bond acceptors (Lipinski definition) is 0. The van der Waals surface area contributed by atoms with Gasteiger partial charge in [-0.3, -0.25) is 0 Å².